The Morgan fingerprint density at radius 3 is 2.46 bits per heavy atom. The quantitative estimate of drug-likeness (QED) is 0.724. The topological polar surface area (TPSA) is 71.4 Å². The van der Waals surface area contributed by atoms with Crippen LogP contribution in [0.3, 0.4) is 0 Å². The molecule has 1 N–H and O–H groups in total. The zero-order valence-electron chi connectivity index (χ0n) is 6.94. The van der Waals surface area contributed by atoms with Crippen molar-refractivity contribution in [1.29, 1.82) is 0 Å². The largest absolute Gasteiger partial charge is 0.481 e. The van der Waals surface area contributed by atoms with Crippen LogP contribution in [-0.4, -0.2) is 37.2 Å². The summed E-state index contributed by atoms with van der Waals surface area (Å²) in [6, 6.07) is 0. The van der Waals surface area contributed by atoms with Crippen LogP contribution < -0.4 is 0 Å². The van der Waals surface area contributed by atoms with Crippen molar-refractivity contribution in [2.45, 2.75) is 19.0 Å². The maximum atomic E-state index is 13.0. The molecule has 2 atom stereocenters. The van der Waals surface area contributed by atoms with Crippen LogP contribution in [0.2, 0.25) is 0 Å². The van der Waals surface area contributed by atoms with E-state index >= 15 is 0 Å². The lowest BCUT2D eigenvalue weighted by molar-refractivity contribution is -0.137. The first-order valence-corrected chi connectivity index (χ1v) is 5.79. The number of rotatable bonds is 3. The number of carboxylic acids is 1. The monoisotopic (exact) mass is 210 g/mol. The van der Waals surface area contributed by atoms with Gasteiger partial charge in [-0.25, -0.2) is 12.8 Å². The van der Waals surface area contributed by atoms with E-state index in [9.17, 15) is 17.6 Å². The fourth-order valence-electron chi connectivity index (χ4n) is 1.45. The van der Waals surface area contributed by atoms with E-state index < -0.39 is 33.6 Å². The SMILES string of the molecule is O=C(O)CC[C@H]1CS(=O)(=O)C[C@H]1F. The minimum atomic E-state index is -3.26. The second kappa shape index (κ2) is 3.61. The van der Waals surface area contributed by atoms with Gasteiger partial charge in [0.25, 0.3) is 0 Å². The zero-order valence-corrected chi connectivity index (χ0v) is 7.76. The Balaban J connectivity index is 2.49. The van der Waals surface area contributed by atoms with Gasteiger partial charge in [0, 0.05) is 12.3 Å². The lowest BCUT2D eigenvalue weighted by Crippen LogP contribution is -2.14. The first-order valence-electron chi connectivity index (χ1n) is 3.97. The Bertz CT molecular complexity index is 298. The van der Waals surface area contributed by atoms with E-state index in [2.05, 4.69) is 0 Å². The predicted octanol–water partition coefficient (Wildman–Crippen LogP) is 0.234. The molecule has 1 heterocycles. The van der Waals surface area contributed by atoms with Crippen molar-refractivity contribution in [2.24, 2.45) is 5.92 Å². The Morgan fingerprint density at radius 1 is 1.46 bits per heavy atom. The van der Waals surface area contributed by atoms with Crippen molar-refractivity contribution in [1.82, 2.24) is 0 Å². The van der Waals surface area contributed by atoms with Gasteiger partial charge in [-0.15, -0.1) is 0 Å². The summed E-state index contributed by atoms with van der Waals surface area (Å²) in [6.07, 6.45) is -1.44. The number of hydrogen-bond acceptors (Lipinski definition) is 3. The third-order valence-corrected chi connectivity index (χ3v) is 3.88. The van der Waals surface area contributed by atoms with E-state index in [0.717, 1.165) is 0 Å². The average molecular weight is 210 g/mol. The lowest BCUT2D eigenvalue weighted by atomic mass is 10.0. The number of sulfone groups is 1. The van der Waals surface area contributed by atoms with Crippen LogP contribution in [-0.2, 0) is 14.6 Å². The van der Waals surface area contributed by atoms with Gasteiger partial charge in [0.15, 0.2) is 9.84 Å². The molecule has 76 valence electrons. The number of carbonyl (C=O) groups is 1. The molecule has 1 saturated heterocycles. The van der Waals surface area contributed by atoms with E-state index in [0.29, 0.717) is 0 Å². The molecule has 0 aromatic carbocycles. The van der Waals surface area contributed by atoms with Crippen molar-refractivity contribution in [3.63, 3.8) is 0 Å². The normalized spacial score (nSPS) is 31.8. The number of aliphatic carboxylic acids is 1. The van der Waals surface area contributed by atoms with Crippen LogP contribution >= 0.6 is 0 Å². The van der Waals surface area contributed by atoms with Crippen molar-refractivity contribution in [2.75, 3.05) is 11.5 Å². The third-order valence-electron chi connectivity index (χ3n) is 2.12. The van der Waals surface area contributed by atoms with Crippen molar-refractivity contribution < 1.29 is 22.7 Å². The molecule has 0 spiro atoms. The first-order chi connectivity index (χ1) is 5.91. The molecule has 0 bridgehead atoms. The fourth-order valence-corrected chi connectivity index (χ4v) is 3.37. The zero-order chi connectivity index (χ0) is 10.1. The molecule has 0 radical (unpaired) electrons. The van der Waals surface area contributed by atoms with Crippen LogP contribution in [0.5, 0.6) is 0 Å². The molecule has 1 fully saturated rings. The maximum absolute atomic E-state index is 13.0. The Hall–Kier alpha value is -0.650. The molecule has 0 aromatic heterocycles. The van der Waals surface area contributed by atoms with Gasteiger partial charge in [0.05, 0.1) is 11.5 Å². The first kappa shape index (κ1) is 10.4. The molecule has 0 aromatic rings. The molecule has 13 heavy (non-hydrogen) atoms. The Kier molecular flexibility index (Phi) is 2.90. The van der Waals surface area contributed by atoms with Gasteiger partial charge in [-0.3, -0.25) is 4.79 Å². The standard InChI is InChI=1S/C7H11FO4S/c8-6-4-13(11,12)3-5(6)1-2-7(9)10/h5-6H,1-4H2,(H,9,10)/t5-,6+/m0/s1. The summed E-state index contributed by atoms with van der Waals surface area (Å²) < 4.78 is 34.8. The molecule has 0 saturated carbocycles. The minimum absolute atomic E-state index is 0.107. The Morgan fingerprint density at radius 2 is 2.08 bits per heavy atom. The van der Waals surface area contributed by atoms with Gasteiger partial charge in [0.1, 0.15) is 6.17 Å². The van der Waals surface area contributed by atoms with Crippen LogP contribution in [0.4, 0.5) is 4.39 Å². The van der Waals surface area contributed by atoms with Crippen molar-refractivity contribution in [3.05, 3.63) is 0 Å². The van der Waals surface area contributed by atoms with Gasteiger partial charge in [-0.2, -0.15) is 0 Å². The molecule has 0 aliphatic carbocycles. The molecular formula is C7H11FO4S. The van der Waals surface area contributed by atoms with E-state index in [1.165, 1.54) is 0 Å². The molecule has 4 nitrogen and oxygen atoms in total. The van der Waals surface area contributed by atoms with Crippen molar-refractivity contribution >= 4 is 15.8 Å². The second-order valence-electron chi connectivity index (χ2n) is 3.29. The highest BCUT2D eigenvalue weighted by molar-refractivity contribution is 7.91. The maximum Gasteiger partial charge on any atom is 0.303 e. The smallest absolute Gasteiger partial charge is 0.303 e. The highest BCUT2D eigenvalue weighted by atomic mass is 32.2. The Labute approximate surface area is 75.7 Å². The summed E-state index contributed by atoms with van der Waals surface area (Å²) in [7, 11) is -3.26. The number of alkyl halides is 1. The number of carboxylic acid groups (broad SMARTS) is 1. The molecule has 6 heteroatoms. The highest BCUT2D eigenvalue weighted by Gasteiger charge is 2.37. The van der Waals surface area contributed by atoms with Crippen LogP contribution in [0, 0.1) is 5.92 Å². The molecular weight excluding hydrogens is 199 g/mol. The van der Waals surface area contributed by atoms with Crippen LogP contribution in [0.1, 0.15) is 12.8 Å². The number of hydrogen-bond donors (Lipinski definition) is 1. The summed E-state index contributed by atoms with van der Waals surface area (Å²) >= 11 is 0. The summed E-state index contributed by atoms with van der Waals surface area (Å²) in [5, 5.41) is 8.32. The summed E-state index contributed by atoms with van der Waals surface area (Å²) in [5.74, 6) is -2.30. The minimum Gasteiger partial charge on any atom is -0.481 e. The summed E-state index contributed by atoms with van der Waals surface area (Å²) in [5.41, 5.74) is 0. The second-order valence-corrected chi connectivity index (χ2v) is 5.44. The molecule has 1 aliphatic heterocycles. The van der Waals surface area contributed by atoms with E-state index in [1.54, 1.807) is 0 Å². The lowest BCUT2D eigenvalue weighted by Gasteiger charge is -2.07. The van der Waals surface area contributed by atoms with E-state index in [1.807, 2.05) is 0 Å². The molecule has 1 aliphatic rings. The van der Waals surface area contributed by atoms with Gasteiger partial charge in [-0.1, -0.05) is 0 Å². The van der Waals surface area contributed by atoms with Crippen LogP contribution in [0.15, 0.2) is 0 Å². The van der Waals surface area contributed by atoms with Crippen molar-refractivity contribution in [3.8, 4) is 0 Å². The molecule has 1 rings (SSSR count). The van der Waals surface area contributed by atoms with Gasteiger partial charge >= 0.3 is 5.97 Å². The van der Waals surface area contributed by atoms with Gasteiger partial charge in [0.2, 0.25) is 0 Å². The van der Waals surface area contributed by atoms with E-state index in [-0.39, 0.29) is 18.6 Å². The number of halogens is 1. The predicted molar refractivity (Wildman–Crippen MR) is 43.9 cm³/mol. The van der Waals surface area contributed by atoms with Crippen LogP contribution in [0.25, 0.3) is 0 Å². The van der Waals surface area contributed by atoms with E-state index in [4.69, 9.17) is 5.11 Å². The fraction of sp³-hybridized carbons (Fsp3) is 0.857. The summed E-state index contributed by atoms with van der Waals surface area (Å²) in [4.78, 5) is 10.2. The van der Waals surface area contributed by atoms with Gasteiger partial charge < -0.3 is 5.11 Å². The highest BCUT2D eigenvalue weighted by Crippen LogP contribution is 2.25. The van der Waals surface area contributed by atoms with Gasteiger partial charge in [-0.05, 0) is 6.42 Å². The summed E-state index contributed by atoms with van der Waals surface area (Å²) in [6.45, 7) is 0. The molecule has 0 unspecified atom stereocenters. The third kappa shape index (κ3) is 2.95. The molecule has 0 amide bonds. The average Bonchev–Trinajstić information content (AvgIpc) is 2.20.